The molecule has 0 N–H and O–H groups in total. The molecule has 1 aliphatic rings. The molecule has 3 nitrogen and oxygen atoms in total. The Balaban J connectivity index is 1.44. The quantitative estimate of drug-likeness (QED) is 0.524. The molecule has 4 rings (SSSR count). The molecule has 1 fully saturated rings. The maximum absolute atomic E-state index is 6.14. The van der Waals surface area contributed by atoms with Gasteiger partial charge in [-0.25, -0.2) is 4.98 Å². The first-order chi connectivity index (χ1) is 12.1. The Morgan fingerprint density at radius 3 is 2.44 bits per heavy atom. The fraction of sp³-hybridized carbons (Fsp3) is 0.278. The molecule has 0 radical (unpaired) electrons. The minimum absolute atomic E-state index is 0.424. The average Bonchev–Trinajstić information content (AvgIpc) is 3.09. The van der Waals surface area contributed by atoms with Gasteiger partial charge in [0.15, 0.2) is 0 Å². The molecule has 1 saturated heterocycles. The van der Waals surface area contributed by atoms with E-state index in [2.05, 4.69) is 33.0 Å². The molecular weight excluding hydrogens is 397 g/mol. The van der Waals surface area contributed by atoms with Crippen LogP contribution in [0.25, 0.3) is 10.2 Å². The van der Waals surface area contributed by atoms with Crippen molar-refractivity contribution in [2.24, 2.45) is 0 Å². The van der Waals surface area contributed by atoms with Gasteiger partial charge in [-0.1, -0.05) is 40.9 Å². The zero-order valence-corrected chi connectivity index (χ0v) is 16.5. The summed E-state index contributed by atoms with van der Waals surface area (Å²) in [7, 11) is 0. The molecule has 1 aromatic heterocycles. The molecule has 0 aliphatic carbocycles. The van der Waals surface area contributed by atoms with E-state index in [1.54, 1.807) is 11.3 Å². The average molecular weight is 413 g/mol. The van der Waals surface area contributed by atoms with Gasteiger partial charge < -0.3 is 4.90 Å². The standard InChI is InChI=1S/C18H16Cl3N3S/c19-13-8-12(9-14(20)17(13)21)10-23-4-6-24(7-5-23)15-2-1-3-16-18(15)22-11-25-16/h1-3,8-9,11H,4-7,10H2. The Bertz CT molecular complexity index is 880. The predicted octanol–water partition coefficient (Wildman–Crippen LogP) is 5.58. The summed E-state index contributed by atoms with van der Waals surface area (Å²) >= 11 is 20.0. The van der Waals surface area contributed by atoms with Crippen LogP contribution in [0.15, 0.2) is 35.8 Å². The van der Waals surface area contributed by atoms with Crippen LogP contribution in [-0.4, -0.2) is 36.1 Å². The van der Waals surface area contributed by atoms with Crippen LogP contribution in [0.1, 0.15) is 5.56 Å². The van der Waals surface area contributed by atoms with Gasteiger partial charge in [-0.05, 0) is 29.8 Å². The van der Waals surface area contributed by atoms with Crippen molar-refractivity contribution in [3.05, 3.63) is 56.5 Å². The van der Waals surface area contributed by atoms with Crippen molar-refractivity contribution in [2.45, 2.75) is 6.54 Å². The zero-order chi connectivity index (χ0) is 17.4. The second kappa shape index (κ2) is 7.29. The maximum atomic E-state index is 6.14. The van der Waals surface area contributed by atoms with Gasteiger partial charge >= 0.3 is 0 Å². The molecule has 0 bridgehead atoms. The van der Waals surface area contributed by atoms with Crippen molar-refractivity contribution in [2.75, 3.05) is 31.1 Å². The van der Waals surface area contributed by atoms with E-state index >= 15 is 0 Å². The van der Waals surface area contributed by atoms with E-state index in [-0.39, 0.29) is 0 Å². The van der Waals surface area contributed by atoms with Crippen molar-refractivity contribution in [3.8, 4) is 0 Å². The largest absolute Gasteiger partial charge is 0.367 e. The van der Waals surface area contributed by atoms with Gasteiger partial charge in [0.25, 0.3) is 0 Å². The van der Waals surface area contributed by atoms with Gasteiger partial charge in [-0.15, -0.1) is 11.3 Å². The molecule has 0 saturated carbocycles. The molecule has 7 heteroatoms. The first-order valence-electron chi connectivity index (χ1n) is 8.05. The number of anilines is 1. The molecule has 0 atom stereocenters. The Kier molecular flexibility index (Phi) is 5.07. The Labute approximate surface area is 165 Å². The number of thiazole rings is 1. The topological polar surface area (TPSA) is 19.4 Å². The number of halogens is 3. The van der Waals surface area contributed by atoms with Crippen molar-refractivity contribution < 1.29 is 0 Å². The predicted molar refractivity (Wildman–Crippen MR) is 109 cm³/mol. The summed E-state index contributed by atoms with van der Waals surface area (Å²) in [5.41, 5.74) is 5.35. The summed E-state index contributed by atoms with van der Waals surface area (Å²) in [5, 5.41) is 1.45. The lowest BCUT2D eigenvalue weighted by molar-refractivity contribution is 0.250. The van der Waals surface area contributed by atoms with E-state index < -0.39 is 0 Å². The third kappa shape index (κ3) is 3.60. The van der Waals surface area contributed by atoms with E-state index in [4.69, 9.17) is 34.8 Å². The van der Waals surface area contributed by atoms with Gasteiger partial charge in [0.2, 0.25) is 0 Å². The van der Waals surface area contributed by atoms with Gasteiger partial charge in [-0.2, -0.15) is 0 Å². The molecule has 25 heavy (non-hydrogen) atoms. The Morgan fingerprint density at radius 2 is 1.72 bits per heavy atom. The molecule has 2 aromatic carbocycles. The number of rotatable bonds is 3. The fourth-order valence-corrected chi connectivity index (χ4v) is 4.57. The van der Waals surface area contributed by atoms with Crippen LogP contribution in [0.2, 0.25) is 15.1 Å². The number of nitrogens with zero attached hydrogens (tertiary/aromatic N) is 3. The van der Waals surface area contributed by atoms with Crippen LogP contribution in [-0.2, 0) is 6.54 Å². The SMILES string of the molecule is Clc1cc(CN2CCN(c3cccc4scnc34)CC2)cc(Cl)c1Cl. The highest BCUT2D eigenvalue weighted by Crippen LogP contribution is 2.32. The second-order valence-electron chi connectivity index (χ2n) is 6.11. The van der Waals surface area contributed by atoms with Crippen molar-refractivity contribution in [1.29, 1.82) is 0 Å². The molecule has 130 valence electrons. The molecule has 0 amide bonds. The number of para-hydroxylation sites is 1. The minimum atomic E-state index is 0.424. The highest BCUT2D eigenvalue weighted by atomic mass is 35.5. The molecule has 3 aromatic rings. The van der Waals surface area contributed by atoms with Crippen LogP contribution >= 0.6 is 46.1 Å². The number of aromatic nitrogens is 1. The minimum Gasteiger partial charge on any atom is -0.367 e. The summed E-state index contributed by atoms with van der Waals surface area (Å²) in [6, 6.07) is 10.2. The molecular formula is C18H16Cl3N3S. The van der Waals surface area contributed by atoms with Crippen molar-refractivity contribution >= 4 is 62.0 Å². The summed E-state index contributed by atoms with van der Waals surface area (Å²) in [4.78, 5) is 9.36. The first-order valence-corrected chi connectivity index (χ1v) is 10.1. The molecule has 0 unspecified atom stereocenters. The second-order valence-corrected chi connectivity index (χ2v) is 8.19. The number of hydrogen-bond donors (Lipinski definition) is 0. The third-order valence-electron chi connectivity index (χ3n) is 4.50. The van der Waals surface area contributed by atoms with Gasteiger partial charge in [0.1, 0.15) is 5.52 Å². The van der Waals surface area contributed by atoms with Gasteiger partial charge in [-0.3, -0.25) is 4.90 Å². The van der Waals surface area contributed by atoms with Crippen LogP contribution < -0.4 is 4.90 Å². The van der Waals surface area contributed by atoms with Crippen LogP contribution in [0.3, 0.4) is 0 Å². The lowest BCUT2D eigenvalue weighted by Crippen LogP contribution is -2.46. The van der Waals surface area contributed by atoms with Crippen LogP contribution in [0.4, 0.5) is 5.69 Å². The number of hydrogen-bond acceptors (Lipinski definition) is 4. The van der Waals surface area contributed by atoms with Crippen molar-refractivity contribution in [3.63, 3.8) is 0 Å². The number of benzene rings is 2. The lowest BCUT2D eigenvalue weighted by Gasteiger charge is -2.36. The first kappa shape index (κ1) is 17.4. The molecule has 0 spiro atoms. The van der Waals surface area contributed by atoms with E-state index in [1.165, 1.54) is 10.4 Å². The van der Waals surface area contributed by atoms with E-state index in [0.29, 0.717) is 15.1 Å². The maximum Gasteiger partial charge on any atom is 0.104 e. The summed E-state index contributed by atoms with van der Waals surface area (Å²) in [5.74, 6) is 0. The third-order valence-corrected chi connectivity index (χ3v) is 6.49. The van der Waals surface area contributed by atoms with Gasteiger partial charge in [0.05, 0.1) is 31.0 Å². The van der Waals surface area contributed by atoms with Gasteiger partial charge in [0, 0.05) is 32.7 Å². The smallest absolute Gasteiger partial charge is 0.104 e. The fourth-order valence-electron chi connectivity index (χ4n) is 3.23. The molecule has 2 heterocycles. The Morgan fingerprint density at radius 1 is 1.00 bits per heavy atom. The van der Waals surface area contributed by atoms with Crippen molar-refractivity contribution in [1.82, 2.24) is 9.88 Å². The van der Waals surface area contributed by atoms with E-state index in [0.717, 1.165) is 43.8 Å². The number of fused-ring (bicyclic) bond motifs is 1. The van der Waals surface area contributed by atoms with Crippen LogP contribution in [0.5, 0.6) is 0 Å². The van der Waals surface area contributed by atoms with E-state index in [9.17, 15) is 0 Å². The Hall–Kier alpha value is -1.04. The zero-order valence-electron chi connectivity index (χ0n) is 13.4. The number of piperazine rings is 1. The monoisotopic (exact) mass is 411 g/mol. The highest BCUT2D eigenvalue weighted by Gasteiger charge is 2.20. The molecule has 1 aliphatic heterocycles. The summed E-state index contributed by atoms with van der Waals surface area (Å²) in [6.45, 7) is 4.75. The normalized spacial score (nSPS) is 15.9. The van der Waals surface area contributed by atoms with E-state index in [1.807, 2.05) is 17.6 Å². The van der Waals surface area contributed by atoms with Crippen LogP contribution in [0, 0.1) is 0 Å². The summed E-state index contributed by atoms with van der Waals surface area (Å²) < 4.78 is 1.24. The summed E-state index contributed by atoms with van der Waals surface area (Å²) in [6.07, 6.45) is 0. The lowest BCUT2D eigenvalue weighted by atomic mass is 10.2. The highest BCUT2D eigenvalue weighted by molar-refractivity contribution is 7.16.